The van der Waals surface area contributed by atoms with E-state index in [2.05, 4.69) is 17.4 Å². The second kappa shape index (κ2) is 11.6. The summed E-state index contributed by atoms with van der Waals surface area (Å²) in [6.45, 7) is 1.76. The third-order valence-electron chi connectivity index (χ3n) is 5.34. The average molecular weight is 467 g/mol. The number of sulfonamides is 1. The second-order valence-corrected chi connectivity index (χ2v) is 9.86. The normalized spacial score (nSPS) is 12.3. The number of carbonyl (C=O) groups excluding carboxylic acids is 1. The van der Waals surface area contributed by atoms with Crippen molar-refractivity contribution in [2.75, 3.05) is 13.7 Å². The number of nitrogens with one attached hydrogen (secondary N) is 1. The lowest BCUT2D eigenvalue weighted by Crippen LogP contribution is -2.43. The van der Waals surface area contributed by atoms with Crippen LogP contribution in [-0.4, -0.2) is 38.3 Å². The van der Waals surface area contributed by atoms with Crippen LogP contribution in [0, 0.1) is 0 Å². The van der Waals surface area contributed by atoms with Crippen LogP contribution >= 0.6 is 0 Å². The fourth-order valence-corrected chi connectivity index (χ4v) is 4.87. The molecule has 7 heteroatoms. The highest BCUT2D eigenvalue weighted by molar-refractivity contribution is 7.89. The zero-order valence-corrected chi connectivity index (χ0v) is 19.8. The summed E-state index contributed by atoms with van der Waals surface area (Å²) in [7, 11) is -2.37. The molecule has 6 nitrogen and oxygen atoms in total. The molecule has 0 unspecified atom stereocenters. The quantitative estimate of drug-likeness (QED) is 0.463. The molecule has 0 spiro atoms. The number of ether oxygens (including phenoxy) is 1. The number of amides is 1. The SMILES string of the molecule is COc1ccc(S(=O)(=O)N(CC(=O)N[C@@H](C)CCc2ccccc2)Cc2ccccc2)cc1. The third kappa shape index (κ3) is 7.17. The molecule has 0 aliphatic carbocycles. The Bertz CT molecular complexity index is 1120. The summed E-state index contributed by atoms with van der Waals surface area (Å²) in [5.41, 5.74) is 2.01. The van der Waals surface area contributed by atoms with Crippen LogP contribution in [0.1, 0.15) is 24.5 Å². The molecule has 0 aliphatic rings. The molecular formula is C26H30N2O4S. The maximum absolute atomic E-state index is 13.4. The van der Waals surface area contributed by atoms with Crippen molar-refractivity contribution in [2.24, 2.45) is 0 Å². The molecule has 1 N–H and O–H groups in total. The molecule has 0 saturated carbocycles. The van der Waals surface area contributed by atoms with E-state index in [-0.39, 0.29) is 29.9 Å². The Hall–Kier alpha value is -3.16. The Morgan fingerprint density at radius 1 is 0.909 bits per heavy atom. The van der Waals surface area contributed by atoms with E-state index in [9.17, 15) is 13.2 Å². The summed E-state index contributed by atoms with van der Waals surface area (Å²) in [4.78, 5) is 12.9. The maximum Gasteiger partial charge on any atom is 0.243 e. The van der Waals surface area contributed by atoms with E-state index in [0.717, 1.165) is 18.4 Å². The van der Waals surface area contributed by atoms with Crippen LogP contribution in [0.3, 0.4) is 0 Å². The van der Waals surface area contributed by atoms with Gasteiger partial charge in [0.2, 0.25) is 15.9 Å². The van der Waals surface area contributed by atoms with Crippen molar-refractivity contribution in [3.05, 3.63) is 96.1 Å². The second-order valence-electron chi connectivity index (χ2n) is 7.93. The van der Waals surface area contributed by atoms with Crippen molar-refractivity contribution >= 4 is 15.9 Å². The minimum atomic E-state index is -3.89. The molecule has 0 fully saturated rings. The summed E-state index contributed by atoms with van der Waals surface area (Å²) in [5.74, 6) is 0.233. The number of benzene rings is 3. The number of nitrogens with zero attached hydrogens (tertiary/aromatic N) is 1. The van der Waals surface area contributed by atoms with Crippen molar-refractivity contribution in [1.82, 2.24) is 9.62 Å². The topological polar surface area (TPSA) is 75.7 Å². The largest absolute Gasteiger partial charge is 0.497 e. The Morgan fingerprint density at radius 3 is 2.06 bits per heavy atom. The van der Waals surface area contributed by atoms with Crippen LogP contribution in [0.25, 0.3) is 0 Å². The molecule has 0 aromatic heterocycles. The molecule has 1 amide bonds. The van der Waals surface area contributed by atoms with Crippen molar-refractivity contribution in [1.29, 1.82) is 0 Å². The summed E-state index contributed by atoms with van der Waals surface area (Å²) in [6, 6.07) is 25.4. The Balaban J connectivity index is 1.71. The Kier molecular flexibility index (Phi) is 8.63. The fraction of sp³-hybridized carbons (Fsp3) is 0.269. The van der Waals surface area contributed by atoms with Gasteiger partial charge >= 0.3 is 0 Å². The lowest BCUT2D eigenvalue weighted by atomic mass is 10.1. The third-order valence-corrected chi connectivity index (χ3v) is 7.14. The minimum absolute atomic E-state index is 0.0834. The average Bonchev–Trinajstić information content (AvgIpc) is 2.83. The molecule has 33 heavy (non-hydrogen) atoms. The standard InChI is InChI=1S/C26H30N2O4S/c1-21(13-14-22-9-5-3-6-10-22)27-26(29)20-28(19-23-11-7-4-8-12-23)33(30,31)25-17-15-24(32-2)16-18-25/h3-12,15-18,21H,13-14,19-20H2,1-2H3,(H,27,29)/t21-/m0/s1. The number of hydrogen-bond donors (Lipinski definition) is 1. The van der Waals surface area contributed by atoms with Crippen LogP contribution in [0.15, 0.2) is 89.8 Å². The Morgan fingerprint density at radius 2 is 1.48 bits per heavy atom. The highest BCUT2D eigenvalue weighted by Crippen LogP contribution is 2.21. The van der Waals surface area contributed by atoms with Gasteiger partial charge in [0.05, 0.1) is 18.6 Å². The Labute approximate surface area is 196 Å². The van der Waals surface area contributed by atoms with E-state index in [1.807, 2.05) is 55.5 Å². The monoisotopic (exact) mass is 466 g/mol. The molecule has 3 rings (SSSR count). The van der Waals surface area contributed by atoms with Gasteiger partial charge in [0.1, 0.15) is 5.75 Å². The number of carbonyl (C=O) groups is 1. The molecule has 0 aliphatic heterocycles. The lowest BCUT2D eigenvalue weighted by Gasteiger charge is -2.23. The van der Waals surface area contributed by atoms with Gasteiger partial charge in [-0.3, -0.25) is 4.79 Å². The molecule has 3 aromatic rings. The molecular weight excluding hydrogens is 436 g/mol. The van der Waals surface area contributed by atoms with E-state index in [0.29, 0.717) is 5.75 Å². The smallest absolute Gasteiger partial charge is 0.243 e. The van der Waals surface area contributed by atoms with Gasteiger partial charge in [0, 0.05) is 12.6 Å². The predicted molar refractivity (Wildman–Crippen MR) is 129 cm³/mol. The van der Waals surface area contributed by atoms with Crippen LogP contribution in [0.4, 0.5) is 0 Å². The van der Waals surface area contributed by atoms with Gasteiger partial charge in [0.15, 0.2) is 0 Å². The zero-order valence-electron chi connectivity index (χ0n) is 19.0. The molecule has 1 atom stereocenters. The van der Waals surface area contributed by atoms with Crippen molar-refractivity contribution in [3.63, 3.8) is 0 Å². The predicted octanol–water partition coefficient (Wildman–Crippen LogP) is 4.02. The first-order valence-corrected chi connectivity index (χ1v) is 12.3. The van der Waals surface area contributed by atoms with Gasteiger partial charge < -0.3 is 10.1 Å². The van der Waals surface area contributed by atoms with Gasteiger partial charge in [0.25, 0.3) is 0 Å². The molecule has 0 heterocycles. The molecule has 3 aromatic carbocycles. The van der Waals surface area contributed by atoms with Gasteiger partial charge in [-0.25, -0.2) is 8.42 Å². The molecule has 0 bridgehead atoms. The first-order valence-electron chi connectivity index (χ1n) is 10.9. The van der Waals surface area contributed by atoms with E-state index in [1.54, 1.807) is 12.1 Å². The van der Waals surface area contributed by atoms with Crippen LogP contribution in [0.5, 0.6) is 5.75 Å². The van der Waals surface area contributed by atoms with Crippen molar-refractivity contribution < 1.29 is 17.9 Å². The first kappa shape index (κ1) is 24.5. The van der Waals surface area contributed by atoms with Crippen LogP contribution in [0.2, 0.25) is 0 Å². The summed E-state index contributed by atoms with van der Waals surface area (Å²) in [6.07, 6.45) is 1.60. The number of hydrogen-bond acceptors (Lipinski definition) is 4. The van der Waals surface area contributed by atoms with Crippen molar-refractivity contribution in [3.8, 4) is 5.75 Å². The fourth-order valence-electron chi connectivity index (χ4n) is 3.49. The summed E-state index contributed by atoms with van der Waals surface area (Å²) >= 11 is 0. The number of methoxy groups -OCH3 is 1. The van der Waals surface area contributed by atoms with Gasteiger partial charge in [-0.2, -0.15) is 4.31 Å². The number of aryl methyl sites for hydroxylation is 1. The van der Waals surface area contributed by atoms with Gasteiger partial charge in [-0.15, -0.1) is 0 Å². The molecule has 0 radical (unpaired) electrons. The highest BCUT2D eigenvalue weighted by Gasteiger charge is 2.27. The highest BCUT2D eigenvalue weighted by atomic mass is 32.2. The minimum Gasteiger partial charge on any atom is -0.497 e. The van der Waals surface area contributed by atoms with E-state index < -0.39 is 10.0 Å². The maximum atomic E-state index is 13.4. The zero-order chi connectivity index (χ0) is 23.7. The van der Waals surface area contributed by atoms with Crippen LogP contribution < -0.4 is 10.1 Å². The van der Waals surface area contributed by atoms with E-state index in [4.69, 9.17) is 4.74 Å². The van der Waals surface area contributed by atoms with Crippen molar-refractivity contribution in [2.45, 2.75) is 37.2 Å². The first-order chi connectivity index (χ1) is 15.9. The molecule has 174 valence electrons. The number of rotatable bonds is 11. The van der Waals surface area contributed by atoms with E-state index in [1.165, 1.54) is 29.1 Å². The van der Waals surface area contributed by atoms with Crippen LogP contribution in [-0.2, 0) is 27.8 Å². The summed E-state index contributed by atoms with van der Waals surface area (Å²) < 4.78 is 33.1. The molecule has 0 saturated heterocycles. The van der Waals surface area contributed by atoms with Gasteiger partial charge in [-0.05, 0) is 55.2 Å². The lowest BCUT2D eigenvalue weighted by molar-refractivity contribution is -0.122. The van der Waals surface area contributed by atoms with Gasteiger partial charge in [-0.1, -0.05) is 60.7 Å². The summed E-state index contributed by atoms with van der Waals surface area (Å²) in [5, 5.41) is 2.94. The van der Waals surface area contributed by atoms with E-state index >= 15 is 0 Å².